The topological polar surface area (TPSA) is 43.9 Å². The van der Waals surface area contributed by atoms with Crippen molar-refractivity contribution in [2.24, 2.45) is 0 Å². The Morgan fingerprint density at radius 1 is 0.889 bits per heavy atom. The number of likely N-dealkylation sites (tertiary alicyclic amines) is 2. The number of hydrogen-bond acceptors (Lipinski definition) is 3. The first-order valence-corrected chi connectivity index (χ1v) is 10.6. The van der Waals surface area contributed by atoms with Crippen molar-refractivity contribution < 1.29 is 9.59 Å². The summed E-state index contributed by atoms with van der Waals surface area (Å²) in [6.45, 7) is 9.47. The Hall–Kier alpha value is -1.88. The zero-order valence-electron chi connectivity index (χ0n) is 16.8. The van der Waals surface area contributed by atoms with Crippen molar-refractivity contribution >= 4 is 11.8 Å². The number of amides is 2. The zero-order chi connectivity index (χ0) is 19.2. The number of rotatable bonds is 5. The minimum Gasteiger partial charge on any atom is -0.339 e. The van der Waals surface area contributed by atoms with Gasteiger partial charge in [0.25, 0.3) is 11.8 Å². The molecule has 2 aliphatic rings. The number of carbonyl (C=O) groups excluding carboxylic acids is 2. The van der Waals surface area contributed by atoms with Crippen LogP contribution in [0.4, 0.5) is 0 Å². The lowest BCUT2D eigenvalue weighted by molar-refractivity contribution is 0.0751. The summed E-state index contributed by atoms with van der Waals surface area (Å²) in [5, 5.41) is 0. The van der Waals surface area contributed by atoms with Gasteiger partial charge in [0, 0.05) is 43.3 Å². The molecule has 1 unspecified atom stereocenters. The van der Waals surface area contributed by atoms with Crippen molar-refractivity contribution in [3.05, 3.63) is 35.4 Å². The van der Waals surface area contributed by atoms with Crippen LogP contribution in [0.2, 0.25) is 0 Å². The van der Waals surface area contributed by atoms with Gasteiger partial charge in [-0.1, -0.05) is 0 Å². The summed E-state index contributed by atoms with van der Waals surface area (Å²) in [5.41, 5.74) is 1.34. The highest BCUT2D eigenvalue weighted by Crippen LogP contribution is 2.22. The molecule has 0 spiro atoms. The molecule has 0 bridgehead atoms. The standard InChI is InChI=1S/C22H33N3O2/c1-3-23(4-2)21(26)18-9-11-19(12-10-18)22(27)25-16-7-8-20(13-17-25)24-14-5-6-15-24/h9-12,20H,3-8,13-17H2,1-2H3. The molecule has 1 atom stereocenters. The van der Waals surface area contributed by atoms with Gasteiger partial charge in [-0.2, -0.15) is 0 Å². The maximum atomic E-state index is 12.9. The Kier molecular flexibility index (Phi) is 6.89. The van der Waals surface area contributed by atoms with E-state index in [-0.39, 0.29) is 11.8 Å². The van der Waals surface area contributed by atoms with E-state index in [0.717, 1.165) is 25.9 Å². The van der Waals surface area contributed by atoms with E-state index in [1.807, 2.05) is 30.9 Å². The average molecular weight is 372 g/mol. The molecule has 2 heterocycles. The van der Waals surface area contributed by atoms with Gasteiger partial charge < -0.3 is 14.7 Å². The van der Waals surface area contributed by atoms with Crippen LogP contribution in [0.25, 0.3) is 0 Å². The van der Waals surface area contributed by atoms with Crippen LogP contribution in [-0.2, 0) is 0 Å². The molecule has 3 rings (SSSR count). The second kappa shape index (κ2) is 9.36. The third-order valence-electron chi connectivity index (χ3n) is 6.07. The van der Waals surface area contributed by atoms with Crippen LogP contribution >= 0.6 is 0 Å². The van der Waals surface area contributed by atoms with Crippen LogP contribution in [-0.4, -0.2) is 71.8 Å². The maximum Gasteiger partial charge on any atom is 0.253 e. The monoisotopic (exact) mass is 371 g/mol. The molecule has 0 N–H and O–H groups in total. The van der Waals surface area contributed by atoms with Crippen LogP contribution in [0.5, 0.6) is 0 Å². The average Bonchev–Trinajstić information content (AvgIpc) is 3.13. The molecule has 0 aliphatic carbocycles. The van der Waals surface area contributed by atoms with Crippen molar-refractivity contribution in [1.29, 1.82) is 0 Å². The van der Waals surface area contributed by atoms with E-state index < -0.39 is 0 Å². The molecule has 0 radical (unpaired) electrons. The molecule has 0 aromatic heterocycles. The summed E-state index contributed by atoms with van der Waals surface area (Å²) < 4.78 is 0. The third kappa shape index (κ3) is 4.70. The normalized spacial score (nSPS) is 21.1. The van der Waals surface area contributed by atoms with Crippen LogP contribution < -0.4 is 0 Å². The number of hydrogen-bond donors (Lipinski definition) is 0. The Balaban J connectivity index is 1.61. The first kappa shape index (κ1) is 19.9. The van der Waals surface area contributed by atoms with Crippen molar-refractivity contribution in [1.82, 2.24) is 14.7 Å². The summed E-state index contributed by atoms with van der Waals surface area (Å²) in [7, 11) is 0. The molecule has 1 aromatic carbocycles. The molecule has 5 heteroatoms. The molecular weight excluding hydrogens is 338 g/mol. The molecular formula is C22H33N3O2. The molecule has 5 nitrogen and oxygen atoms in total. The number of benzene rings is 1. The zero-order valence-corrected chi connectivity index (χ0v) is 16.8. The molecule has 148 valence electrons. The van der Waals surface area contributed by atoms with E-state index >= 15 is 0 Å². The quantitative estimate of drug-likeness (QED) is 0.798. The SMILES string of the molecule is CCN(CC)C(=O)c1ccc(C(=O)N2CCCC(N3CCCC3)CC2)cc1. The predicted molar refractivity (Wildman–Crippen MR) is 108 cm³/mol. The Morgan fingerprint density at radius 3 is 2.15 bits per heavy atom. The van der Waals surface area contributed by atoms with Crippen LogP contribution in [0.15, 0.2) is 24.3 Å². The highest BCUT2D eigenvalue weighted by Gasteiger charge is 2.26. The predicted octanol–water partition coefficient (Wildman–Crippen LogP) is 3.26. The Morgan fingerprint density at radius 2 is 1.52 bits per heavy atom. The minimum atomic E-state index is 0.0298. The highest BCUT2D eigenvalue weighted by molar-refractivity contribution is 5.97. The maximum absolute atomic E-state index is 12.9. The Labute approximate surface area is 163 Å². The van der Waals surface area contributed by atoms with E-state index in [1.165, 1.54) is 32.4 Å². The smallest absolute Gasteiger partial charge is 0.253 e. The third-order valence-corrected chi connectivity index (χ3v) is 6.07. The fourth-order valence-corrected chi connectivity index (χ4v) is 4.39. The van der Waals surface area contributed by atoms with E-state index in [1.54, 1.807) is 17.0 Å². The van der Waals surface area contributed by atoms with Gasteiger partial charge in [-0.3, -0.25) is 9.59 Å². The molecule has 2 saturated heterocycles. The first-order chi connectivity index (χ1) is 13.1. The summed E-state index contributed by atoms with van der Waals surface area (Å²) >= 11 is 0. The number of carbonyl (C=O) groups is 2. The van der Waals surface area contributed by atoms with Crippen LogP contribution in [0.3, 0.4) is 0 Å². The second-order valence-corrected chi connectivity index (χ2v) is 7.67. The second-order valence-electron chi connectivity index (χ2n) is 7.67. The Bertz CT molecular complexity index is 633. The van der Waals surface area contributed by atoms with Crippen LogP contribution in [0.1, 0.15) is 66.7 Å². The van der Waals surface area contributed by atoms with Gasteiger partial charge in [0.2, 0.25) is 0 Å². The summed E-state index contributed by atoms with van der Waals surface area (Å²) in [5.74, 6) is 0.126. The fourth-order valence-electron chi connectivity index (χ4n) is 4.39. The van der Waals surface area contributed by atoms with Gasteiger partial charge in [-0.15, -0.1) is 0 Å². The van der Waals surface area contributed by atoms with Gasteiger partial charge in [0.1, 0.15) is 0 Å². The summed E-state index contributed by atoms with van der Waals surface area (Å²) in [4.78, 5) is 31.8. The lowest BCUT2D eigenvalue weighted by Gasteiger charge is -2.26. The first-order valence-electron chi connectivity index (χ1n) is 10.6. The van der Waals surface area contributed by atoms with Crippen molar-refractivity contribution in [3.8, 4) is 0 Å². The van der Waals surface area contributed by atoms with Crippen LogP contribution in [0, 0.1) is 0 Å². The summed E-state index contributed by atoms with van der Waals surface area (Å²) in [6, 6.07) is 7.83. The molecule has 2 aliphatic heterocycles. The minimum absolute atomic E-state index is 0.0298. The molecule has 27 heavy (non-hydrogen) atoms. The molecule has 0 saturated carbocycles. The van der Waals surface area contributed by atoms with E-state index in [0.29, 0.717) is 30.3 Å². The van der Waals surface area contributed by atoms with Crippen molar-refractivity contribution in [2.45, 2.75) is 52.0 Å². The fraction of sp³-hybridized carbons (Fsp3) is 0.636. The van der Waals surface area contributed by atoms with Gasteiger partial charge >= 0.3 is 0 Å². The van der Waals surface area contributed by atoms with Gasteiger partial charge in [0.05, 0.1) is 0 Å². The van der Waals surface area contributed by atoms with E-state index in [9.17, 15) is 9.59 Å². The van der Waals surface area contributed by atoms with E-state index in [4.69, 9.17) is 0 Å². The highest BCUT2D eigenvalue weighted by atomic mass is 16.2. The number of nitrogens with zero attached hydrogens (tertiary/aromatic N) is 3. The van der Waals surface area contributed by atoms with Gasteiger partial charge in [-0.05, 0) is 83.3 Å². The lowest BCUT2D eigenvalue weighted by Crippen LogP contribution is -2.35. The lowest BCUT2D eigenvalue weighted by atomic mass is 10.1. The van der Waals surface area contributed by atoms with Gasteiger partial charge in [0.15, 0.2) is 0 Å². The van der Waals surface area contributed by atoms with Gasteiger partial charge in [-0.25, -0.2) is 0 Å². The molecule has 2 fully saturated rings. The summed E-state index contributed by atoms with van der Waals surface area (Å²) in [6.07, 6.45) is 5.98. The molecule has 2 amide bonds. The van der Waals surface area contributed by atoms with Crippen molar-refractivity contribution in [3.63, 3.8) is 0 Å². The largest absolute Gasteiger partial charge is 0.339 e. The van der Waals surface area contributed by atoms with Crippen molar-refractivity contribution in [2.75, 3.05) is 39.3 Å². The van der Waals surface area contributed by atoms with E-state index in [2.05, 4.69) is 4.90 Å². The molecule has 1 aromatic rings.